The molecule has 1 N–H and O–H groups in total. The number of amides is 1. The fraction of sp³-hybridized carbons (Fsp3) is 0.400. The standard InChI is InChI=1S/C35H45NO3S/c1-4-6-24-36(3)34(38)27-40-26-13-8-7-12-25-39-32-22-18-30(19-23-32)35(29-16-20-31(37)21-17-29)33(5-2)28-14-10-9-11-15-28/h9-11,14-23,37H,4-8,12-13,24-27H2,1-3H3/b35-33+. The van der Waals surface area contributed by atoms with Crippen LogP contribution in [0.3, 0.4) is 0 Å². The lowest BCUT2D eigenvalue weighted by molar-refractivity contribution is -0.127. The minimum absolute atomic E-state index is 0.245. The second-order valence-corrected chi connectivity index (χ2v) is 11.2. The van der Waals surface area contributed by atoms with Gasteiger partial charge < -0.3 is 14.7 Å². The highest BCUT2D eigenvalue weighted by molar-refractivity contribution is 7.99. The number of benzene rings is 3. The maximum Gasteiger partial charge on any atom is 0.232 e. The topological polar surface area (TPSA) is 49.8 Å². The van der Waals surface area contributed by atoms with Crippen LogP contribution in [0.1, 0.15) is 75.5 Å². The summed E-state index contributed by atoms with van der Waals surface area (Å²) in [6.07, 6.45) is 7.54. The van der Waals surface area contributed by atoms with E-state index in [1.54, 1.807) is 23.9 Å². The van der Waals surface area contributed by atoms with E-state index in [4.69, 9.17) is 4.74 Å². The first-order chi connectivity index (χ1) is 19.5. The van der Waals surface area contributed by atoms with Crippen LogP contribution in [0.5, 0.6) is 11.5 Å². The van der Waals surface area contributed by atoms with Gasteiger partial charge in [-0.2, -0.15) is 11.8 Å². The Balaban J connectivity index is 1.48. The van der Waals surface area contributed by atoms with E-state index in [1.807, 2.05) is 30.1 Å². The quantitative estimate of drug-likeness (QED) is 0.133. The van der Waals surface area contributed by atoms with E-state index in [9.17, 15) is 9.90 Å². The highest BCUT2D eigenvalue weighted by Crippen LogP contribution is 2.35. The minimum Gasteiger partial charge on any atom is -0.508 e. The van der Waals surface area contributed by atoms with Crippen molar-refractivity contribution in [1.29, 1.82) is 0 Å². The fourth-order valence-corrected chi connectivity index (χ4v) is 5.61. The number of carbonyl (C=O) groups excluding carboxylic acids is 1. The van der Waals surface area contributed by atoms with E-state index in [2.05, 4.69) is 62.4 Å². The molecule has 4 nitrogen and oxygen atoms in total. The molecule has 1 amide bonds. The molecule has 0 bridgehead atoms. The molecule has 0 aliphatic rings. The summed E-state index contributed by atoms with van der Waals surface area (Å²) in [6.45, 7) is 5.91. The maximum absolute atomic E-state index is 12.1. The van der Waals surface area contributed by atoms with Gasteiger partial charge in [0.1, 0.15) is 11.5 Å². The van der Waals surface area contributed by atoms with Gasteiger partial charge in [0.15, 0.2) is 0 Å². The summed E-state index contributed by atoms with van der Waals surface area (Å²) < 4.78 is 6.05. The summed E-state index contributed by atoms with van der Waals surface area (Å²) in [5.74, 6) is 3.02. The molecule has 0 fully saturated rings. The molecule has 3 rings (SSSR count). The molecular weight excluding hydrogens is 514 g/mol. The molecule has 0 atom stereocenters. The number of rotatable bonds is 17. The largest absolute Gasteiger partial charge is 0.508 e. The maximum atomic E-state index is 12.1. The minimum atomic E-state index is 0.245. The molecule has 0 saturated carbocycles. The van der Waals surface area contributed by atoms with Crippen molar-refractivity contribution in [3.8, 4) is 11.5 Å². The Morgan fingerprint density at radius 1 is 0.800 bits per heavy atom. The Morgan fingerprint density at radius 2 is 1.45 bits per heavy atom. The van der Waals surface area contributed by atoms with Gasteiger partial charge in [0.05, 0.1) is 12.4 Å². The van der Waals surface area contributed by atoms with E-state index in [0.717, 1.165) is 74.1 Å². The van der Waals surface area contributed by atoms with E-state index in [1.165, 1.54) is 16.7 Å². The molecule has 3 aromatic carbocycles. The average molecular weight is 560 g/mol. The zero-order chi connectivity index (χ0) is 28.6. The summed E-state index contributed by atoms with van der Waals surface area (Å²) in [7, 11) is 1.91. The highest BCUT2D eigenvalue weighted by atomic mass is 32.2. The Bertz CT molecular complexity index is 1170. The second-order valence-electron chi connectivity index (χ2n) is 10.1. The lowest BCUT2D eigenvalue weighted by Gasteiger charge is -2.17. The van der Waals surface area contributed by atoms with Crippen LogP contribution in [-0.2, 0) is 4.79 Å². The van der Waals surface area contributed by atoms with Crippen LogP contribution in [0.2, 0.25) is 0 Å². The van der Waals surface area contributed by atoms with E-state index >= 15 is 0 Å². The fourth-order valence-electron chi connectivity index (χ4n) is 4.67. The molecule has 0 heterocycles. The molecule has 0 aliphatic heterocycles. The smallest absolute Gasteiger partial charge is 0.232 e. The first-order valence-electron chi connectivity index (χ1n) is 14.7. The number of allylic oxidation sites excluding steroid dienone is 1. The predicted molar refractivity (Wildman–Crippen MR) is 171 cm³/mol. The first-order valence-corrected chi connectivity index (χ1v) is 15.8. The van der Waals surface area contributed by atoms with Crippen LogP contribution in [0.25, 0.3) is 11.1 Å². The van der Waals surface area contributed by atoms with Crippen LogP contribution in [0, 0.1) is 0 Å². The van der Waals surface area contributed by atoms with Crippen LogP contribution in [-0.4, -0.2) is 47.6 Å². The molecule has 214 valence electrons. The first kappa shape index (κ1) is 31.3. The number of hydrogen-bond donors (Lipinski definition) is 1. The summed E-state index contributed by atoms with van der Waals surface area (Å²) in [4.78, 5) is 13.9. The lowest BCUT2D eigenvalue weighted by Crippen LogP contribution is -2.29. The van der Waals surface area contributed by atoms with E-state index < -0.39 is 0 Å². The predicted octanol–water partition coefficient (Wildman–Crippen LogP) is 8.69. The number of carbonyl (C=O) groups is 1. The van der Waals surface area contributed by atoms with Crippen LogP contribution < -0.4 is 4.74 Å². The average Bonchev–Trinajstić information content (AvgIpc) is 2.99. The van der Waals surface area contributed by atoms with E-state index in [0.29, 0.717) is 12.4 Å². The van der Waals surface area contributed by atoms with Gasteiger partial charge in [-0.15, -0.1) is 0 Å². The van der Waals surface area contributed by atoms with Gasteiger partial charge in [0.25, 0.3) is 0 Å². The van der Waals surface area contributed by atoms with Crippen molar-refractivity contribution in [1.82, 2.24) is 4.90 Å². The molecule has 0 radical (unpaired) electrons. The number of hydrogen-bond acceptors (Lipinski definition) is 4. The Labute approximate surface area is 245 Å². The Hall–Kier alpha value is -3.18. The van der Waals surface area contributed by atoms with E-state index in [-0.39, 0.29) is 11.7 Å². The Kier molecular flexibility index (Phi) is 13.7. The number of phenolic OH excluding ortho intramolecular Hbond substituents is 1. The number of ether oxygens (including phenoxy) is 1. The molecule has 5 heteroatoms. The van der Waals surface area contributed by atoms with Crippen LogP contribution in [0.4, 0.5) is 0 Å². The lowest BCUT2D eigenvalue weighted by atomic mass is 9.88. The SMILES string of the molecule is CCCCN(C)C(=O)CSCCCCCCOc1ccc(/C(=C(\CC)c2ccccc2)c2ccc(O)cc2)cc1. The van der Waals surface area contributed by atoms with Gasteiger partial charge in [0.2, 0.25) is 5.91 Å². The van der Waals surface area contributed by atoms with Crippen molar-refractivity contribution in [3.63, 3.8) is 0 Å². The number of nitrogens with zero attached hydrogens (tertiary/aromatic N) is 1. The summed E-state index contributed by atoms with van der Waals surface area (Å²) in [6, 6.07) is 26.3. The van der Waals surface area contributed by atoms with Crippen molar-refractivity contribution >= 4 is 28.8 Å². The van der Waals surface area contributed by atoms with Crippen molar-refractivity contribution in [2.24, 2.45) is 0 Å². The normalized spacial score (nSPS) is 11.7. The van der Waals surface area contributed by atoms with Gasteiger partial charge >= 0.3 is 0 Å². The Morgan fingerprint density at radius 3 is 2.10 bits per heavy atom. The molecule has 0 unspecified atom stereocenters. The highest BCUT2D eigenvalue weighted by Gasteiger charge is 2.13. The van der Waals surface area contributed by atoms with Crippen LogP contribution >= 0.6 is 11.8 Å². The molecule has 0 saturated heterocycles. The summed E-state index contributed by atoms with van der Waals surface area (Å²) in [5.41, 5.74) is 5.86. The van der Waals surface area contributed by atoms with Crippen LogP contribution in [0.15, 0.2) is 78.9 Å². The molecule has 0 aliphatic carbocycles. The van der Waals surface area contributed by atoms with Gasteiger partial charge in [-0.1, -0.05) is 87.7 Å². The van der Waals surface area contributed by atoms with Crippen molar-refractivity contribution in [2.75, 3.05) is 31.7 Å². The van der Waals surface area contributed by atoms with Crippen molar-refractivity contribution in [3.05, 3.63) is 95.6 Å². The molecular formula is C35H45NO3S. The molecule has 40 heavy (non-hydrogen) atoms. The summed E-state index contributed by atoms with van der Waals surface area (Å²) >= 11 is 1.75. The second kappa shape index (κ2) is 17.5. The molecule has 3 aromatic rings. The zero-order valence-electron chi connectivity index (χ0n) is 24.4. The third-order valence-electron chi connectivity index (χ3n) is 7.03. The van der Waals surface area contributed by atoms with Gasteiger partial charge in [-0.25, -0.2) is 0 Å². The van der Waals surface area contributed by atoms with Crippen molar-refractivity contribution in [2.45, 2.75) is 58.8 Å². The monoisotopic (exact) mass is 559 g/mol. The third-order valence-corrected chi connectivity index (χ3v) is 8.06. The van der Waals surface area contributed by atoms with Gasteiger partial charge in [-0.3, -0.25) is 4.79 Å². The zero-order valence-corrected chi connectivity index (χ0v) is 25.2. The number of phenols is 1. The number of thioether (sulfide) groups is 1. The molecule has 0 aromatic heterocycles. The third kappa shape index (κ3) is 10.1. The van der Waals surface area contributed by atoms with Crippen molar-refractivity contribution < 1.29 is 14.6 Å². The van der Waals surface area contributed by atoms with Gasteiger partial charge in [0, 0.05) is 13.6 Å². The number of aromatic hydroxyl groups is 1. The summed E-state index contributed by atoms with van der Waals surface area (Å²) in [5, 5.41) is 9.85. The molecule has 0 spiro atoms. The van der Waals surface area contributed by atoms with Gasteiger partial charge in [-0.05, 0) is 83.5 Å². The number of unbranched alkanes of at least 4 members (excludes halogenated alkanes) is 4.